The molecular formula is C18H22ClN5O3S. The van der Waals surface area contributed by atoms with Crippen LogP contribution in [0.3, 0.4) is 0 Å². The lowest BCUT2D eigenvalue weighted by Gasteiger charge is -2.35. The molecule has 8 nitrogen and oxygen atoms in total. The van der Waals surface area contributed by atoms with Crippen LogP contribution in [0.1, 0.15) is 5.56 Å². The Morgan fingerprint density at radius 2 is 1.71 bits per heavy atom. The van der Waals surface area contributed by atoms with Crippen LogP contribution in [0.5, 0.6) is 0 Å². The van der Waals surface area contributed by atoms with Crippen molar-refractivity contribution in [3.63, 3.8) is 0 Å². The summed E-state index contributed by atoms with van der Waals surface area (Å²) in [5.74, 6) is 0.799. The van der Waals surface area contributed by atoms with Gasteiger partial charge in [-0.15, -0.1) is 10.2 Å². The average molecular weight is 424 g/mol. The van der Waals surface area contributed by atoms with Crippen LogP contribution >= 0.6 is 11.6 Å². The zero-order valence-corrected chi connectivity index (χ0v) is 17.3. The fourth-order valence-corrected chi connectivity index (χ4v) is 3.57. The van der Waals surface area contributed by atoms with Gasteiger partial charge < -0.3 is 9.80 Å². The normalized spacial score (nSPS) is 14.8. The molecule has 28 heavy (non-hydrogen) atoms. The number of rotatable bonds is 5. The van der Waals surface area contributed by atoms with Gasteiger partial charge in [0.15, 0.2) is 11.0 Å². The van der Waals surface area contributed by atoms with Crippen LogP contribution < -0.4 is 9.21 Å². The largest absolute Gasteiger partial charge is 0.352 e. The van der Waals surface area contributed by atoms with E-state index in [9.17, 15) is 13.2 Å². The molecular weight excluding hydrogens is 402 g/mol. The molecule has 1 amide bonds. The molecule has 3 rings (SSSR count). The second kappa shape index (κ2) is 8.32. The maximum atomic E-state index is 12.6. The van der Waals surface area contributed by atoms with Crippen LogP contribution in [0.2, 0.25) is 5.15 Å². The van der Waals surface area contributed by atoms with E-state index in [2.05, 4.69) is 15.1 Å². The van der Waals surface area contributed by atoms with E-state index < -0.39 is 10.0 Å². The monoisotopic (exact) mass is 423 g/mol. The number of halogens is 1. The number of aromatic nitrogens is 2. The molecule has 0 spiro atoms. The molecule has 1 aliphatic rings. The zero-order valence-electron chi connectivity index (χ0n) is 15.7. The average Bonchev–Trinajstić information content (AvgIpc) is 2.68. The van der Waals surface area contributed by atoms with Gasteiger partial charge in [-0.05, 0) is 29.8 Å². The van der Waals surface area contributed by atoms with Crippen molar-refractivity contribution < 1.29 is 13.2 Å². The molecule has 0 unspecified atom stereocenters. The Hall–Kier alpha value is -2.39. The number of carbonyl (C=O) groups excluding carboxylic acids is 1. The highest BCUT2D eigenvalue weighted by molar-refractivity contribution is 7.92. The van der Waals surface area contributed by atoms with Crippen LogP contribution in [0.4, 0.5) is 11.5 Å². The third-order valence-electron chi connectivity index (χ3n) is 4.73. The van der Waals surface area contributed by atoms with E-state index in [0.29, 0.717) is 37.0 Å². The van der Waals surface area contributed by atoms with E-state index in [0.717, 1.165) is 17.6 Å². The number of sulfonamides is 1. The fourth-order valence-electron chi connectivity index (χ4n) is 2.96. The summed E-state index contributed by atoms with van der Waals surface area (Å²) >= 11 is 5.76. The van der Waals surface area contributed by atoms with Crippen LogP contribution in [-0.2, 0) is 21.2 Å². The predicted octanol–water partition coefficient (Wildman–Crippen LogP) is 1.42. The van der Waals surface area contributed by atoms with Gasteiger partial charge in [0.1, 0.15) is 0 Å². The van der Waals surface area contributed by atoms with Gasteiger partial charge in [-0.1, -0.05) is 23.7 Å². The van der Waals surface area contributed by atoms with E-state index in [1.54, 1.807) is 30.3 Å². The van der Waals surface area contributed by atoms with E-state index >= 15 is 0 Å². The van der Waals surface area contributed by atoms with Gasteiger partial charge in [-0.25, -0.2) is 8.42 Å². The van der Waals surface area contributed by atoms with E-state index in [1.165, 1.54) is 11.4 Å². The minimum atomic E-state index is -3.30. The Labute approximate surface area is 169 Å². The SMILES string of the molecule is CN(c1ccc(CC(=O)N2CCN(c3ccc(Cl)nn3)CC2)cc1)S(C)(=O)=O. The molecule has 1 saturated heterocycles. The first-order chi connectivity index (χ1) is 13.2. The standard InChI is InChI=1S/C18H22ClN5O3S/c1-22(28(2,26)27)15-5-3-14(4-6-15)13-18(25)24-11-9-23(10-12-24)17-8-7-16(19)20-21-17/h3-8H,9-13H2,1-2H3. The van der Waals surface area contributed by atoms with Crippen molar-refractivity contribution in [3.8, 4) is 0 Å². The van der Waals surface area contributed by atoms with Crippen LogP contribution in [-0.4, -0.2) is 68.9 Å². The topological polar surface area (TPSA) is 86.7 Å². The minimum absolute atomic E-state index is 0.0473. The van der Waals surface area contributed by atoms with Crippen molar-refractivity contribution in [2.24, 2.45) is 0 Å². The Balaban J connectivity index is 1.55. The molecule has 0 saturated carbocycles. The first kappa shape index (κ1) is 20.3. The van der Waals surface area contributed by atoms with Gasteiger partial charge in [0.05, 0.1) is 18.4 Å². The smallest absolute Gasteiger partial charge is 0.231 e. The Kier molecular flexibility index (Phi) is 6.04. The van der Waals surface area contributed by atoms with Gasteiger partial charge in [0, 0.05) is 33.2 Å². The van der Waals surface area contributed by atoms with Crippen molar-refractivity contribution in [1.82, 2.24) is 15.1 Å². The number of nitrogens with zero attached hydrogens (tertiary/aromatic N) is 5. The molecule has 2 aromatic rings. The number of benzene rings is 1. The second-order valence-electron chi connectivity index (χ2n) is 6.66. The molecule has 1 aliphatic heterocycles. The van der Waals surface area contributed by atoms with Crippen LogP contribution in [0, 0.1) is 0 Å². The minimum Gasteiger partial charge on any atom is -0.352 e. The lowest BCUT2D eigenvalue weighted by atomic mass is 10.1. The van der Waals surface area contributed by atoms with Gasteiger partial charge in [0.25, 0.3) is 0 Å². The molecule has 0 bridgehead atoms. The van der Waals surface area contributed by atoms with E-state index in [-0.39, 0.29) is 12.3 Å². The van der Waals surface area contributed by atoms with Gasteiger partial charge in [0.2, 0.25) is 15.9 Å². The van der Waals surface area contributed by atoms with Crippen molar-refractivity contribution >= 4 is 39.0 Å². The quantitative estimate of drug-likeness (QED) is 0.722. The molecule has 0 radical (unpaired) electrons. The summed E-state index contributed by atoms with van der Waals surface area (Å²) < 4.78 is 24.4. The maximum absolute atomic E-state index is 12.6. The highest BCUT2D eigenvalue weighted by Gasteiger charge is 2.22. The Morgan fingerprint density at radius 3 is 2.25 bits per heavy atom. The van der Waals surface area contributed by atoms with Crippen molar-refractivity contribution in [1.29, 1.82) is 0 Å². The molecule has 10 heteroatoms. The molecule has 2 heterocycles. The summed E-state index contributed by atoms with van der Waals surface area (Å²) in [6.07, 6.45) is 1.43. The van der Waals surface area contributed by atoms with Crippen molar-refractivity contribution in [2.75, 3.05) is 48.7 Å². The lowest BCUT2D eigenvalue weighted by Crippen LogP contribution is -2.49. The van der Waals surface area contributed by atoms with Gasteiger partial charge >= 0.3 is 0 Å². The summed E-state index contributed by atoms with van der Waals surface area (Å²) in [4.78, 5) is 16.5. The van der Waals surface area contributed by atoms with Crippen LogP contribution in [0.15, 0.2) is 36.4 Å². The third kappa shape index (κ3) is 4.90. The van der Waals surface area contributed by atoms with Gasteiger partial charge in [-0.2, -0.15) is 0 Å². The van der Waals surface area contributed by atoms with E-state index in [1.807, 2.05) is 11.0 Å². The van der Waals surface area contributed by atoms with Gasteiger partial charge in [-0.3, -0.25) is 9.10 Å². The summed E-state index contributed by atoms with van der Waals surface area (Å²) in [6, 6.07) is 10.5. The predicted molar refractivity (Wildman–Crippen MR) is 109 cm³/mol. The molecule has 150 valence electrons. The first-order valence-corrected chi connectivity index (χ1v) is 11.0. The summed E-state index contributed by atoms with van der Waals surface area (Å²) in [6.45, 7) is 2.58. The third-order valence-corrected chi connectivity index (χ3v) is 6.13. The number of carbonyl (C=O) groups is 1. The number of anilines is 2. The lowest BCUT2D eigenvalue weighted by molar-refractivity contribution is -0.130. The van der Waals surface area contributed by atoms with Crippen molar-refractivity contribution in [2.45, 2.75) is 6.42 Å². The molecule has 0 atom stereocenters. The fraction of sp³-hybridized carbons (Fsp3) is 0.389. The number of hydrogen-bond donors (Lipinski definition) is 0. The Bertz CT molecular complexity index is 927. The highest BCUT2D eigenvalue weighted by Crippen LogP contribution is 2.18. The molecule has 1 fully saturated rings. The Morgan fingerprint density at radius 1 is 1.07 bits per heavy atom. The molecule has 0 N–H and O–H groups in total. The number of piperazine rings is 1. The molecule has 0 aliphatic carbocycles. The zero-order chi connectivity index (χ0) is 20.3. The first-order valence-electron chi connectivity index (χ1n) is 8.79. The summed E-state index contributed by atoms with van der Waals surface area (Å²) in [5.41, 5.74) is 1.41. The highest BCUT2D eigenvalue weighted by atomic mass is 35.5. The van der Waals surface area contributed by atoms with E-state index in [4.69, 9.17) is 11.6 Å². The molecule has 1 aromatic heterocycles. The summed E-state index contributed by atoms with van der Waals surface area (Å²) in [7, 11) is -1.80. The second-order valence-corrected chi connectivity index (χ2v) is 9.06. The molecule has 1 aromatic carbocycles. The maximum Gasteiger partial charge on any atom is 0.231 e. The number of hydrogen-bond acceptors (Lipinski definition) is 6. The summed E-state index contributed by atoms with van der Waals surface area (Å²) in [5, 5.41) is 8.28. The number of amides is 1. The van der Waals surface area contributed by atoms with Crippen molar-refractivity contribution in [3.05, 3.63) is 47.1 Å². The van der Waals surface area contributed by atoms with Crippen LogP contribution in [0.25, 0.3) is 0 Å².